The first-order valence-corrected chi connectivity index (χ1v) is 6.51. The van der Waals surface area contributed by atoms with Crippen LogP contribution in [-0.4, -0.2) is 16.9 Å². The first-order valence-electron chi connectivity index (χ1n) is 6.51. The topological polar surface area (TPSA) is 77.2 Å². The third-order valence-electron chi connectivity index (χ3n) is 2.97. The molecule has 5 nitrogen and oxygen atoms in total. The molecule has 1 aliphatic carbocycles. The Morgan fingerprint density at radius 1 is 1.25 bits per heavy atom. The van der Waals surface area contributed by atoms with Crippen molar-refractivity contribution in [2.24, 2.45) is 0 Å². The van der Waals surface area contributed by atoms with Gasteiger partial charge in [-0.2, -0.15) is 0 Å². The largest absolute Gasteiger partial charge is 0.457 e. The van der Waals surface area contributed by atoms with Crippen molar-refractivity contribution in [1.82, 2.24) is 10.3 Å². The summed E-state index contributed by atoms with van der Waals surface area (Å²) in [6.45, 7) is 0. The molecule has 1 aromatic heterocycles. The van der Waals surface area contributed by atoms with E-state index in [9.17, 15) is 4.79 Å². The highest BCUT2D eigenvalue weighted by atomic mass is 16.5. The molecular formula is C15H15N3O2. The van der Waals surface area contributed by atoms with Gasteiger partial charge in [0.05, 0.1) is 0 Å². The normalized spacial score (nSPS) is 13.8. The molecule has 3 N–H and O–H groups in total. The van der Waals surface area contributed by atoms with E-state index in [0.717, 1.165) is 12.8 Å². The number of nitrogens with two attached hydrogens (primary N) is 1. The van der Waals surface area contributed by atoms with Crippen molar-refractivity contribution in [3.8, 4) is 11.5 Å². The number of hydrogen-bond acceptors (Lipinski definition) is 4. The number of carbonyl (C=O) groups excluding carboxylic acids is 1. The molecule has 20 heavy (non-hydrogen) atoms. The number of nitrogens with one attached hydrogen (secondary N) is 1. The first-order chi connectivity index (χ1) is 9.70. The zero-order valence-electron chi connectivity index (χ0n) is 10.9. The number of anilines is 1. The Kier molecular flexibility index (Phi) is 3.25. The molecule has 0 bridgehead atoms. The molecule has 0 unspecified atom stereocenters. The van der Waals surface area contributed by atoms with E-state index in [0.29, 0.717) is 28.9 Å². The predicted octanol–water partition coefficient (Wildman–Crippen LogP) is 2.35. The van der Waals surface area contributed by atoms with E-state index in [1.54, 1.807) is 36.5 Å². The van der Waals surface area contributed by atoms with Gasteiger partial charge in [-0.3, -0.25) is 9.78 Å². The van der Waals surface area contributed by atoms with Gasteiger partial charge < -0.3 is 15.8 Å². The molecule has 0 atom stereocenters. The Bertz CT molecular complexity index is 639. The fraction of sp³-hybridized carbons (Fsp3) is 0.200. The number of nitrogen functional groups attached to an aromatic ring is 1. The van der Waals surface area contributed by atoms with Gasteiger partial charge in [0.25, 0.3) is 5.91 Å². The molecule has 1 amide bonds. The quantitative estimate of drug-likeness (QED) is 0.835. The maximum atomic E-state index is 11.9. The standard InChI is InChI=1S/C15H15N3O2/c16-10-2-1-3-12(8-10)20-13-6-7-17-14(9-13)15(19)18-11-4-5-11/h1-3,6-9,11H,4-5,16H2,(H,18,19). The van der Waals surface area contributed by atoms with Gasteiger partial charge in [0, 0.05) is 30.1 Å². The fourth-order valence-corrected chi connectivity index (χ4v) is 1.80. The molecule has 2 aromatic rings. The van der Waals surface area contributed by atoms with Crippen molar-refractivity contribution in [1.29, 1.82) is 0 Å². The highest BCUT2D eigenvalue weighted by Gasteiger charge is 2.24. The van der Waals surface area contributed by atoms with Gasteiger partial charge in [0.2, 0.25) is 0 Å². The van der Waals surface area contributed by atoms with E-state index >= 15 is 0 Å². The fourth-order valence-electron chi connectivity index (χ4n) is 1.80. The van der Waals surface area contributed by atoms with Crippen LogP contribution in [0.1, 0.15) is 23.3 Å². The molecule has 0 radical (unpaired) electrons. The van der Waals surface area contributed by atoms with Crippen LogP contribution in [0.2, 0.25) is 0 Å². The number of hydrogen-bond donors (Lipinski definition) is 2. The average Bonchev–Trinajstić information content (AvgIpc) is 3.23. The average molecular weight is 269 g/mol. The summed E-state index contributed by atoms with van der Waals surface area (Å²) in [5.74, 6) is 1.03. The van der Waals surface area contributed by atoms with E-state index in [2.05, 4.69) is 10.3 Å². The van der Waals surface area contributed by atoms with Gasteiger partial charge in [-0.25, -0.2) is 0 Å². The zero-order valence-corrected chi connectivity index (χ0v) is 10.9. The molecule has 1 saturated carbocycles. The third-order valence-corrected chi connectivity index (χ3v) is 2.97. The van der Waals surface area contributed by atoms with Gasteiger partial charge in [0.1, 0.15) is 17.2 Å². The number of pyridine rings is 1. The van der Waals surface area contributed by atoms with Gasteiger partial charge in [-0.15, -0.1) is 0 Å². The summed E-state index contributed by atoms with van der Waals surface area (Å²) in [7, 11) is 0. The molecule has 3 rings (SSSR count). The van der Waals surface area contributed by atoms with Crippen LogP contribution in [-0.2, 0) is 0 Å². The number of aromatic nitrogens is 1. The number of nitrogens with zero attached hydrogens (tertiary/aromatic N) is 1. The molecule has 1 aliphatic rings. The number of ether oxygens (including phenoxy) is 1. The lowest BCUT2D eigenvalue weighted by Gasteiger charge is -2.08. The van der Waals surface area contributed by atoms with Crippen LogP contribution in [0.4, 0.5) is 5.69 Å². The molecule has 0 spiro atoms. The van der Waals surface area contributed by atoms with Crippen molar-refractivity contribution < 1.29 is 9.53 Å². The maximum Gasteiger partial charge on any atom is 0.270 e. The second-order valence-electron chi connectivity index (χ2n) is 4.80. The lowest BCUT2D eigenvalue weighted by molar-refractivity contribution is 0.0945. The van der Waals surface area contributed by atoms with Crippen molar-refractivity contribution in [2.45, 2.75) is 18.9 Å². The lowest BCUT2D eigenvalue weighted by Crippen LogP contribution is -2.26. The van der Waals surface area contributed by atoms with Crippen LogP contribution < -0.4 is 15.8 Å². The van der Waals surface area contributed by atoms with E-state index < -0.39 is 0 Å². The van der Waals surface area contributed by atoms with Crippen LogP contribution in [0.5, 0.6) is 11.5 Å². The van der Waals surface area contributed by atoms with Crippen LogP contribution in [0.25, 0.3) is 0 Å². The van der Waals surface area contributed by atoms with Crippen molar-refractivity contribution in [3.63, 3.8) is 0 Å². The van der Waals surface area contributed by atoms with Crippen molar-refractivity contribution in [3.05, 3.63) is 48.3 Å². The highest BCUT2D eigenvalue weighted by Crippen LogP contribution is 2.24. The summed E-state index contributed by atoms with van der Waals surface area (Å²) >= 11 is 0. The number of benzene rings is 1. The molecule has 1 heterocycles. The second kappa shape index (κ2) is 5.21. The maximum absolute atomic E-state index is 11.9. The van der Waals surface area contributed by atoms with Crippen LogP contribution >= 0.6 is 0 Å². The van der Waals surface area contributed by atoms with Crippen molar-refractivity contribution >= 4 is 11.6 Å². The van der Waals surface area contributed by atoms with Gasteiger partial charge in [-0.05, 0) is 31.0 Å². The molecule has 0 saturated heterocycles. The van der Waals surface area contributed by atoms with Crippen LogP contribution in [0.15, 0.2) is 42.6 Å². The van der Waals surface area contributed by atoms with E-state index in [4.69, 9.17) is 10.5 Å². The Hall–Kier alpha value is -2.56. The minimum Gasteiger partial charge on any atom is -0.457 e. The Balaban J connectivity index is 1.75. The predicted molar refractivity (Wildman–Crippen MR) is 75.7 cm³/mol. The summed E-state index contributed by atoms with van der Waals surface area (Å²) in [5.41, 5.74) is 6.68. The first kappa shape index (κ1) is 12.5. The van der Waals surface area contributed by atoms with E-state index in [-0.39, 0.29) is 5.91 Å². The minimum absolute atomic E-state index is 0.162. The highest BCUT2D eigenvalue weighted by molar-refractivity contribution is 5.93. The van der Waals surface area contributed by atoms with E-state index in [1.165, 1.54) is 0 Å². The van der Waals surface area contributed by atoms with Gasteiger partial charge in [-0.1, -0.05) is 6.07 Å². The number of amides is 1. The van der Waals surface area contributed by atoms with Crippen molar-refractivity contribution in [2.75, 3.05) is 5.73 Å². The molecule has 5 heteroatoms. The summed E-state index contributed by atoms with van der Waals surface area (Å²) < 4.78 is 5.67. The second-order valence-corrected chi connectivity index (χ2v) is 4.80. The Morgan fingerprint density at radius 2 is 2.05 bits per heavy atom. The van der Waals surface area contributed by atoms with E-state index in [1.807, 2.05) is 6.07 Å². The number of rotatable bonds is 4. The summed E-state index contributed by atoms with van der Waals surface area (Å²) in [6.07, 6.45) is 3.65. The van der Waals surface area contributed by atoms with Crippen LogP contribution in [0.3, 0.4) is 0 Å². The molecule has 0 aliphatic heterocycles. The SMILES string of the molecule is Nc1cccc(Oc2ccnc(C(=O)NC3CC3)c2)c1. The third kappa shape index (κ3) is 3.06. The molecule has 102 valence electrons. The monoisotopic (exact) mass is 269 g/mol. The number of carbonyl (C=O) groups is 1. The Labute approximate surface area is 116 Å². The zero-order chi connectivity index (χ0) is 13.9. The minimum atomic E-state index is -0.162. The summed E-state index contributed by atoms with van der Waals surface area (Å²) in [6, 6.07) is 10.8. The lowest BCUT2D eigenvalue weighted by atomic mass is 10.3. The smallest absolute Gasteiger partial charge is 0.270 e. The summed E-state index contributed by atoms with van der Waals surface area (Å²) in [4.78, 5) is 16.0. The molecular weight excluding hydrogens is 254 g/mol. The van der Waals surface area contributed by atoms with Gasteiger partial charge in [0.15, 0.2) is 0 Å². The summed E-state index contributed by atoms with van der Waals surface area (Å²) in [5, 5.41) is 2.89. The van der Waals surface area contributed by atoms with Gasteiger partial charge >= 0.3 is 0 Å². The van der Waals surface area contributed by atoms with Crippen LogP contribution in [0, 0.1) is 0 Å². The Morgan fingerprint density at radius 3 is 2.80 bits per heavy atom. The molecule has 1 fully saturated rings. The molecule has 1 aromatic carbocycles.